The Morgan fingerprint density at radius 2 is 1.49 bits per heavy atom. The molecule has 0 fully saturated rings. The molecule has 8 heteroatoms. The average molecular weight is 568 g/mol. The van der Waals surface area contributed by atoms with Crippen LogP contribution in [0.25, 0.3) is 0 Å². The van der Waals surface area contributed by atoms with Gasteiger partial charge in [0.25, 0.3) is 5.91 Å². The number of benzene rings is 2. The zero-order valence-corrected chi connectivity index (χ0v) is 26.7. The molecular weight excluding hydrogens is 518 g/mol. The van der Waals surface area contributed by atoms with Gasteiger partial charge in [0.05, 0.1) is 7.11 Å². The summed E-state index contributed by atoms with van der Waals surface area (Å²) in [5.74, 6) is 0.0807. The summed E-state index contributed by atoms with van der Waals surface area (Å²) >= 11 is 0. The smallest absolute Gasteiger partial charge is 0.408 e. The molecule has 0 aliphatic rings. The molecule has 2 aromatic carbocycles. The highest BCUT2D eigenvalue weighted by Gasteiger charge is 2.44. The van der Waals surface area contributed by atoms with Crippen LogP contribution in [0.4, 0.5) is 10.5 Å². The third-order valence-electron chi connectivity index (χ3n) is 7.13. The number of carbonyl (C=O) groups is 3. The molecule has 2 atom stereocenters. The van der Waals surface area contributed by atoms with E-state index < -0.39 is 29.3 Å². The van der Waals surface area contributed by atoms with Gasteiger partial charge < -0.3 is 25.0 Å². The lowest BCUT2D eigenvalue weighted by Crippen LogP contribution is -2.59. The minimum Gasteiger partial charge on any atom is -0.497 e. The number of anilines is 1. The van der Waals surface area contributed by atoms with Crippen molar-refractivity contribution in [2.45, 2.75) is 105 Å². The summed E-state index contributed by atoms with van der Waals surface area (Å²) in [7, 11) is 1.58. The van der Waals surface area contributed by atoms with Crippen molar-refractivity contribution in [3.05, 3.63) is 59.2 Å². The van der Waals surface area contributed by atoms with Gasteiger partial charge >= 0.3 is 6.09 Å². The number of aryl methyl sites for hydroxylation is 2. The van der Waals surface area contributed by atoms with Gasteiger partial charge in [-0.1, -0.05) is 39.0 Å². The van der Waals surface area contributed by atoms with Crippen LogP contribution in [0.2, 0.25) is 0 Å². The van der Waals surface area contributed by atoms with Crippen molar-refractivity contribution >= 4 is 23.6 Å². The van der Waals surface area contributed by atoms with Crippen LogP contribution in [0.3, 0.4) is 0 Å². The van der Waals surface area contributed by atoms with Crippen molar-refractivity contribution in [3.63, 3.8) is 0 Å². The normalized spacial score (nSPS) is 13.3. The number of amides is 3. The van der Waals surface area contributed by atoms with Gasteiger partial charge in [-0.25, -0.2) is 4.79 Å². The molecule has 2 aromatic rings. The lowest BCUT2D eigenvalue weighted by Gasteiger charge is -2.45. The van der Waals surface area contributed by atoms with E-state index in [-0.39, 0.29) is 17.7 Å². The fraction of sp³-hybridized carbons (Fsp3) is 0.545. The number of ether oxygens (including phenoxy) is 2. The van der Waals surface area contributed by atoms with Gasteiger partial charge in [-0.3, -0.25) is 9.59 Å². The van der Waals surface area contributed by atoms with Gasteiger partial charge in [-0.15, -0.1) is 0 Å². The summed E-state index contributed by atoms with van der Waals surface area (Å²) in [6.45, 7) is 19.1. The molecule has 226 valence electrons. The first-order chi connectivity index (χ1) is 19.0. The second-order valence-corrected chi connectivity index (χ2v) is 12.6. The minimum absolute atomic E-state index is 0.0947. The highest BCUT2D eigenvalue weighted by molar-refractivity contribution is 5.99. The summed E-state index contributed by atoms with van der Waals surface area (Å²) in [5, 5.41) is 5.85. The quantitative estimate of drug-likeness (QED) is 0.306. The molecule has 0 saturated heterocycles. The van der Waals surface area contributed by atoms with Gasteiger partial charge in [0.1, 0.15) is 23.4 Å². The van der Waals surface area contributed by atoms with Crippen LogP contribution in [0.1, 0.15) is 91.0 Å². The summed E-state index contributed by atoms with van der Waals surface area (Å²) < 4.78 is 10.8. The van der Waals surface area contributed by atoms with Gasteiger partial charge in [0, 0.05) is 11.2 Å². The molecule has 41 heavy (non-hydrogen) atoms. The first kappa shape index (κ1) is 33.7. The molecule has 2 N–H and O–H groups in total. The second-order valence-electron chi connectivity index (χ2n) is 12.6. The van der Waals surface area contributed by atoms with E-state index in [2.05, 4.69) is 10.6 Å². The fourth-order valence-corrected chi connectivity index (χ4v) is 4.78. The Kier molecular flexibility index (Phi) is 11.4. The maximum atomic E-state index is 14.6. The van der Waals surface area contributed by atoms with Crippen LogP contribution in [-0.4, -0.2) is 47.1 Å². The largest absolute Gasteiger partial charge is 0.497 e. The van der Waals surface area contributed by atoms with Crippen molar-refractivity contribution in [2.75, 3.05) is 12.4 Å². The van der Waals surface area contributed by atoms with Crippen LogP contribution in [0.5, 0.6) is 5.75 Å². The SMILES string of the molecule is CCC(C)(C)N(C(=O)C(CC(C)C)NC(=O)OC(C)(C)C)C(C(=O)Nc1ccc(OC)cc1)c1c(C)cccc1C. The van der Waals surface area contributed by atoms with E-state index in [1.807, 2.05) is 66.7 Å². The molecule has 2 unspecified atom stereocenters. The van der Waals surface area contributed by atoms with Crippen molar-refractivity contribution in [2.24, 2.45) is 5.92 Å². The van der Waals surface area contributed by atoms with E-state index in [4.69, 9.17) is 9.47 Å². The first-order valence-corrected chi connectivity index (χ1v) is 14.3. The monoisotopic (exact) mass is 567 g/mol. The van der Waals surface area contributed by atoms with Crippen LogP contribution in [-0.2, 0) is 14.3 Å². The molecule has 2 rings (SSSR count). The summed E-state index contributed by atoms with van der Waals surface area (Å²) in [6, 6.07) is 11.0. The molecule has 0 heterocycles. The number of rotatable bonds is 11. The van der Waals surface area contributed by atoms with Crippen molar-refractivity contribution in [1.82, 2.24) is 10.2 Å². The van der Waals surface area contributed by atoms with E-state index in [0.29, 0.717) is 24.3 Å². The van der Waals surface area contributed by atoms with E-state index in [1.165, 1.54) is 0 Å². The number of nitrogens with zero attached hydrogens (tertiary/aromatic N) is 1. The van der Waals surface area contributed by atoms with E-state index in [9.17, 15) is 14.4 Å². The second kappa shape index (κ2) is 13.9. The predicted octanol–water partition coefficient (Wildman–Crippen LogP) is 6.95. The Hall–Kier alpha value is -3.55. The molecule has 0 aliphatic carbocycles. The van der Waals surface area contributed by atoms with Crippen LogP contribution in [0, 0.1) is 19.8 Å². The number of methoxy groups -OCH3 is 1. The van der Waals surface area contributed by atoms with Gasteiger partial charge in [0.15, 0.2) is 0 Å². The van der Waals surface area contributed by atoms with E-state index >= 15 is 0 Å². The number of nitrogens with one attached hydrogen (secondary N) is 2. The molecule has 3 amide bonds. The average Bonchev–Trinajstić information content (AvgIpc) is 2.86. The van der Waals surface area contributed by atoms with E-state index in [0.717, 1.165) is 16.7 Å². The molecular formula is C33H49N3O5. The molecule has 0 radical (unpaired) electrons. The van der Waals surface area contributed by atoms with Crippen LogP contribution in [0.15, 0.2) is 42.5 Å². The molecule has 0 aromatic heterocycles. The third kappa shape index (κ3) is 9.23. The molecule has 0 spiro atoms. The molecule has 0 aliphatic heterocycles. The Labute approximate surface area is 246 Å². The first-order valence-electron chi connectivity index (χ1n) is 14.3. The maximum absolute atomic E-state index is 14.6. The number of alkyl carbamates (subject to hydrolysis) is 1. The molecule has 0 saturated carbocycles. The van der Waals surface area contributed by atoms with Crippen LogP contribution < -0.4 is 15.4 Å². The number of carbonyl (C=O) groups excluding carboxylic acids is 3. The van der Waals surface area contributed by atoms with Gasteiger partial charge in [-0.2, -0.15) is 0 Å². The van der Waals surface area contributed by atoms with Crippen LogP contribution >= 0.6 is 0 Å². The standard InChI is InChI=1S/C33H49N3O5/c1-12-33(9,10)36(30(38)26(20-21(2)3)35-31(39)41-32(6,7)8)28(27-22(4)14-13-15-23(27)5)29(37)34-24-16-18-25(40-11)19-17-24/h13-19,21,26,28H,12,20H2,1-11H3,(H,34,37)(H,35,39). The minimum atomic E-state index is -0.962. The summed E-state index contributed by atoms with van der Waals surface area (Å²) in [5.41, 5.74) is 1.67. The maximum Gasteiger partial charge on any atom is 0.408 e. The van der Waals surface area contributed by atoms with Crippen molar-refractivity contribution in [3.8, 4) is 5.75 Å². The van der Waals surface area contributed by atoms with Gasteiger partial charge in [0.2, 0.25) is 5.91 Å². The molecule has 8 nitrogen and oxygen atoms in total. The van der Waals surface area contributed by atoms with E-state index in [1.54, 1.807) is 57.0 Å². The number of hydrogen-bond acceptors (Lipinski definition) is 5. The summed E-state index contributed by atoms with van der Waals surface area (Å²) in [4.78, 5) is 43.4. The third-order valence-corrected chi connectivity index (χ3v) is 7.13. The van der Waals surface area contributed by atoms with Crippen molar-refractivity contribution < 1.29 is 23.9 Å². The topological polar surface area (TPSA) is 97.0 Å². The lowest BCUT2D eigenvalue weighted by molar-refractivity contribution is -0.148. The predicted molar refractivity (Wildman–Crippen MR) is 164 cm³/mol. The van der Waals surface area contributed by atoms with Crippen molar-refractivity contribution in [1.29, 1.82) is 0 Å². The highest BCUT2D eigenvalue weighted by atomic mass is 16.6. The zero-order valence-electron chi connectivity index (χ0n) is 26.7. The highest BCUT2D eigenvalue weighted by Crippen LogP contribution is 2.36. The fourth-order valence-electron chi connectivity index (χ4n) is 4.78. The Morgan fingerprint density at radius 1 is 0.927 bits per heavy atom. The Balaban J connectivity index is 2.70. The number of hydrogen-bond donors (Lipinski definition) is 2. The zero-order chi connectivity index (χ0) is 31.1. The lowest BCUT2D eigenvalue weighted by atomic mass is 9.87. The van der Waals surface area contributed by atoms with Gasteiger partial charge in [-0.05, 0) is 108 Å². The Morgan fingerprint density at radius 3 is 1.95 bits per heavy atom. The molecule has 0 bridgehead atoms. The Bertz CT molecular complexity index is 1180. The summed E-state index contributed by atoms with van der Waals surface area (Å²) in [6.07, 6.45) is 0.294.